The van der Waals surface area contributed by atoms with Gasteiger partial charge in [-0.25, -0.2) is 0 Å². The van der Waals surface area contributed by atoms with Crippen LogP contribution in [-0.2, 0) is 56.6 Å². The number of ether oxygens (including phenoxy) is 7. The number of aliphatic hydroxyl groups is 1. The fourth-order valence-corrected chi connectivity index (χ4v) is 12.1. The van der Waals surface area contributed by atoms with E-state index in [2.05, 4.69) is 50.5 Å². The van der Waals surface area contributed by atoms with E-state index in [-0.39, 0.29) is 109 Å². The number of aliphatic hydroxyl groups excluding tert-OH is 1. The van der Waals surface area contributed by atoms with E-state index in [1.165, 1.54) is 109 Å². The molecule has 2 aliphatic rings. The average Bonchev–Trinajstić information content (AvgIpc) is 1.58. The number of carbonyl (C=O) groups is 3. The van der Waals surface area contributed by atoms with Gasteiger partial charge in [0.1, 0.15) is 36.2 Å². The van der Waals surface area contributed by atoms with Gasteiger partial charge >= 0.3 is 59.1 Å². The second-order valence-corrected chi connectivity index (χ2v) is 25.7. The molecule has 9 unspecified atom stereocenters. The number of hydrogen-bond donors (Lipinski definition) is 3. The Balaban J connectivity index is 0.0000370. The number of hydrogen-bond acceptors (Lipinski definition) is 15. The van der Waals surface area contributed by atoms with Crippen molar-refractivity contribution in [3.63, 3.8) is 0 Å². The average molecular weight is 1280 g/mol. The smallest absolute Gasteiger partial charge is 0.790 e. The summed E-state index contributed by atoms with van der Waals surface area (Å²) in [5.41, 5.74) is 0. The van der Waals surface area contributed by atoms with E-state index < -0.39 is 81.9 Å². The zero-order chi connectivity index (χ0) is 62.2. The van der Waals surface area contributed by atoms with Crippen LogP contribution < -0.4 is 79.5 Å². The summed E-state index contributed by atoms with van der Waals surface area (Å²) in [7, 11) is -2.51. The molecule has 0 bridgehead atoms. The number of rotatable bonds is 57. The van der Waals surface area contributed by atoms with Crippen LogP contribution in [0.3, 0.4) is 0 Å². The van der Waals surface area contributed by atoms with E-state index in [9.17, 15) is 33.8 Å². The Morgan fingerprint density at radius 2 is 0.977 bits per heavy atom. The normalized spacial score (nSPS) is 22.6. The van der Waals surface area contributed by atoms with Gasteiger partial charge < -0.3 is 67.8 Å². The van der Waals surface area contributed by atoms with Crippen LogP contribution in [0.5, 0.6) is 0 Å². The van der Waals surface area contributed by atoms with Gasteiger partial charge in [-0.3, -0.25) is 14.4 Å². The molecular weight excluding hydrogens is 1150 g/mol. The van der Waals surface area contributed by atoms with Crippen molar-refractivity contribution in [1.82, 2.24) is 10.6 Å². The van der Waals surface area contributed by atoms with Gasteiger partial charge in [-0.15, -0.1) is 0 Å². The molecule has 0 spiro atoms. The Labute approximate surface area is 573 Å². The monoisotopic (exact) mass is 1270 g/mol. The third-order valence-electron chi connectivity index (χ3n) is 17.0. The predicted molar refractivity (Wildman–Crippen MR) is 335 cm³/mol. The second kappa shape index (κ2) is 57.6. The first kappa shape index (κ1) is 87.1. The molecule has 0 aromatic rings. The SMILES string of the molecule is CCCCCC/C=C\CCCCCCCCCC(=O)NC1C(OC[C@H]2OC(OP(=O)([O-])[O-])C(NC(=O)CC(=O)CCCCCCCCCCC)C(OCCCCCCCCCC)C2O)O[C@H](COC)C(C)C1OCCC(CCCCCCC)OC.[Na+].[Na+]. The first-order valence-electron chi connectivity index (χ1n) is 34.5. The van der Waals surface area contributed by atoms with Crippen LogP contribution in [0.1, 0.15) is 291 Å². The second-order valence-electron chi connectivity index (χ2n) is 24.6. The minimum atomic E-state index is -5.80. The van der Waals surface area contributed by atoms with Crippen molar-refractivity contribution in [3.8, 4) is 0 Å². The number of nitrogens with one attached hydrogen (secondary N) is 2. The van der Waals surface area contributed by atoms with Crippen molar-refractivity contribution in [2.45, 2.75) is 353 Å². The molecule has 11 atom stereocenters. The fourth-order valence-electron chi connectivity index (χ4n) is 11.7. The van der Waals surface area contributed by atoms with E-state index in [0.717, 1.165) is 103 Å². The summed E-state index contributed by atoms with van der Waals surface area (Å²) in [6.07, 6.45) is 35.8. The van der Waals surface area contributed by atoms with Gasteiger partial charge in [0.15, 0.2) is 12.6 Å². The van der Waals surface area contributed by atoms with E-state index in [1.54, 1.807) is 14.2 Å². The quantitative estimate of drug-likeness (QED) is 0.0176. The van der Waals surface area contributed by atoms with Gasteiger partial charge in [-0.1, -0.05) is 227 Å². The topological polar surface area (TPSA) is 233 Å². The van der Waals surface area contributed by atoms with Crippen molar-refractivity contribution in [2.24, 2.45) is 5.92 Å². The number of phosphoric ester groups is 1. The summed E-state index contributed by atoms with van der Waals surface area (Å²) >= 11 is 0. The van der Waals surface area contributed by atoms with Crippen LogP contribution in [0, 0.1) is 5.92 Å². The van der Waals surface area contributed by atoms with Crippen molar-refractivity contribution >= 4 is 25.4 Å². The largest absolute Gasteiger partial charge is 1.00 e. The van der Waals surface area contributed by atoms with Gasteiger partial charge in [0.25, 0.3) is 0 Å². The summed E-state index contributed by atoms with van der Waals surface area (Å²) in [6, 6.07) is -2.35. The standard InChI is InChI=1S/C67H127N2O15P.2Na/c1-8-12-16-20-23-26-27-28-29-30-31-33-35-39-43-47-59(71)68-61-64(80-50-48-56(78-7)46-42-37-19-15-11-4)54(5)57(52-77-6)82-66(61)81-53-58-63(73)65(79-49-44-40-36-25-22-18-14-10-3)62(67(83-58)84-85(74,75)76)69-60(72)51-55(70)45-41-38-34-32-24-21-17-13-9-2;;/h26-27,54,56-58,61-67,73H,8-25,28-53H2,1-7H3,(H,68,71)(H,69,72)(H2,74,75,76);;/q;2*+1/p-2/b27-26-;;/t54?,56?,57-,58-,61?,62?,63?,64?,65?,66?,67?;;/m1../s1. The van der Waals surface area contributed by atoms with Crippen LogP contribution in [0.2, 0.25) is 0 Å². The molecule has 0 aromatic carbocycles. The Morgan fingerprint density at radius 3 is 1.51 bits per heavy atom. The van der Waals surface area contributed by atoms with Gasteiger partial charge in [0, 0.05) is 46.2 Å². The summed E-state index contributed by atoms with van der Waals surface area (Å²) < 4.78 is 61.4. The third-order valence-corrected chi connectivity index (χ3v) is 17.4. The van der Waals surface area contributed by atoms with Crippen LogP contribution in [-0.4, -0.2) is 125 Å². The molecule has 2 amide bonds. The van der Waals surface area contributed by atoms with Crippen LogP contribution in [0.25, 0.3) is 0 Å². The molecule has 0 radical (unpaired) electrons. The molecule has 0 saturated carbocycles. The number of methoxy groups -OCH3 is 2. The zero-order valence-electron chi connectivity index (χ0n) is 56.7. The predicted octanol–water partition coefficient (Wildman–Crippen LogP) is 7.51. The first-order chi connectivity index (χ1) is 41.2. The van der Waals surface area contributed by atoms with Crippen LogP contribution in [0.15, 0.2) is 12.2 Å². The summed E-state index contributed by atoms with van der Waals surface area (Å²) in [5, 5.41) is 18.1. The van der Waals surface area contributed by atoms with E-state index >= 15 is 0 Å². The molecule has 0 aromatic heterocycles. The van der Waals surface area contributed by atoms with Crippen LogP contribution >= 0.6 is 7.82 Å². The maximum Gasteiger partial charge on any atom is 1.00 e. The molecule has 20 heteroatoms. The molecule has 2 fully saturated rings. The number of Topliss-reactive ketones (excluding diaryl/α,β-unsaturated/α-hetero) is 1. The Hall–Kier alpha value is 0.140. The molecule has 2 rings (SSSR count). The molecule has 2 aliphatic heterocycles. The number of phosphoric acid groups is 1. The summed E-state index contributed by atoms with van der Waals surface area (Å²) in [4.78, 5) is 65.7. The first-order valence-corrected chi connectivity index (χ1v) is 36.0. The number of allylic oxidation sites excluding steroid dienone is 2. The molecule has 17 nitrogen and oxygen atoms in total. The van der Waals surface area contributed by atoms with Crippen molar-refractivity contribution in [2.75, 3.05) is 40.6 Å². The Bertz CT molecular complexity index is 1720. The van der Waals surface area contributed by atoms with E-state index in [0.29, 0.717) is 32.3 Å². The summed E-state index contributed by atoms with van der Waals surface area (Å²) in [5.74, 6) is -1.52. The number of unbranched alkanes of at least 4 members (excludes halogenated alkanes) is 30. The van der Waals surface area contributed by atoms with E-state index in [1.807, 2.05) is 6.92 Å². The molecule has 87 heavy (non-hydrogen) atoms. The zero-order valence-corrected chi connectivity index (χ0v) is 61.6. The van der Waals surface area contributed by atoms with Crippen molar-refractivity contribution < 1.29 is 131 Å². The number of carbonyl (C=O) groups excluding carboxylic acids is 3. The molecule has 0 aliphatic carbocycles. The minimum Gasteiger partial charge on any atom is -0.790 e. The molecule has 2 heterocycles. The molecule has 2 saturated heterocycles. The Kier molecular flexibility index (Phi) is 57.7. The van der Waals surface area contributed by atoms with Gasteiger partial charge in [-0.2, -0.15) is 0 Å². The molecule has 3 N–H and O–H groups in total. The maximum absolute atomic E-state index is 14.0. The maximum atomic E-state index is 14.0. The van der Waals surface area contributed by atoms with E-state index in [4.69, 9.17) is 37.7 Å². The van der Waals surface area contributed by atoms with Gasteiger partial charge in [0.2, 0.25) is 11.8 Å². The summed E-state index contributed by atoms with van der Waals surface area (Å²) in [6.45, 7) is 11.0. The third kappa shape index (κ3) is 43.0. The van der Waals surface area contributed by atoms with Crippen molar-refractivity contribution in [1.29, 1.82) is 0 Å². The molecule has 500 valence electrons. The molecular formula is C67H125N2Na2O15P. The van der Waals surface area contributed by atoms with Crippen molar-refractivity contribution in [3.05, 3.63) is 12.2 Å². The fraction of sp³-hybridized carbons (Fsp3) is 0.925. The number of amides is 2. The van der Waals surface area contributed by atoms with Gasteiger partial charge in [0.05, 0.1) is 45.8 Å². The van der Waals surface area contributed by atoms with Gasteiger partial charge in [-0.05, 0) is 57.8 Å². The van der Waals surface area contributed by atoms with Crippen LogP contribution in [0.4, 0.5) is 0 Å². The Morgan fingerprint density at radius 1 is 0.529 bits per heavy atom. The minimum absolute atomic E-state index is 0. The number of ketones is 1.